The molecule has 2 rings (SSSR count). The Morgan fingerprint density at radius 2 is 1.86 bits per heavy atom. The molecule has 1 aliphatic rings. The maximum Gasteiger partial charge on any atom is 0.494 e. The molecule has 1 N–H and O–H groups in total. The smallest absolute Gasteiger partial charge is 0.443 e. The Morgan fingerprint density at radius 1 is 1.27 bits per heavy atom. The minimum absolute atomic E-state index is 0.0665. The van der Waals surface area contributed by atoms with Crippen molar-refractivity contribution in [2.75, 3.05) is 7.05 Å². The minimum Gasteiger partial charge on any atom is -0.443 e. The van der Waals surface area contributed by atoms with Crippen molar-refractivity contribution in [3.05, 3.63) is 29.8 Å². The first-order valence-corrected chi connectivity index (χ1v) is 7.16. The number of hydroxylamine groups is 2. The molecule has 6 nitrogen and oxygen atoms in total. The molecule has 120 valence electrons. The minimum atomic E-state index is -0.805. The van der Waals surface area contributed by atoms with Gasteiger partial charge in [0.15, 0.2) is 0 Å². The fourth-order valence-electron chi connectivity index (χ4n) is 2.05. The van der Waals surface area contributed by atoms with E-state index in [1.807, 2.05) is 52.0 Å². The van der Waals surface area contributed by atoms with Crippen molar-refractivity contribution < 1.29 is 24.0 Å². The van der Waals surface area contributed by atoms with Crippen molar-refractivity contribution in [2.24, 2.45) is 0 Å². The zero-order chi connectivity index (χ0) is 16.5. The fourth-order valence-corrected chi connectivity index (χ4v) is 2.05. The number of ether oxygens (including phenoxy) is 1. The normalized spacial score (nSPS) is 19.1. The maximum absolute atomic E-state index is 11.2. The standard InChI is InChI=1S/C15H22BNO5/c1-14(2)15(3,4)22-16(21-14)12-8-6-7-11(9-12)10-20-13(18)17(5)19/h6-9,19H,10H2,1-5H3. The molecular formula is C15H22BNO5. The molecule has 22 heavy (non-hydrogen) atoms. The lowest BCUT2D eigenvalue weighted by atomic mass is 9.78. The summed E-state index contributed by atoms with van der Waals surface area (Å²) in [4.78, 5) is 11.2. The third-order valence-electron chi connectivity index (χ3n) is 4.10. The average Bonchev–Trinajstić information content (AvgIpc) is 2.65. The lowest BCUT2D eigenvalue weighted by molar-refractivity contribution is -0.0551. The predicted octanol–water partition coefficient (Wildman–Crippen LogP) is 1.94. The number of carbonyl (C=O) groups is 1. The number of nitrogens with zero attached hydrogens (tertiary/aromatic N) is 1. The van der Waals surface area contributed by atoms with Crippen LogP contribution in [-0.4, -0.2) is 41.7 Å². The summed E-state index contributed by atoms with van der Waals surface area (Å²) < 4.78 is 16.9. The fraction of sp³-hybridized carbons (Fsp3) is 0.533. The molecule has 0 aromatic heterocycles. The van der Waals surface area contributed by atoms with Crippen LogP contribution in [0.3, 0.4) is 0 Å². The molecule has 0 saturated carbocycles. The first-order chi connectivity index (χ1) is 10.1. The van der Waals surface area contributed by atoms with E-state index in [0.29, 0.717) is 5.06 Å². The lowest BCUT2D eigenvalue weighted by Gasteiger charge is -2.32. The summed E-state index contributed by atoms with van der Waals surface area (Å²) in [5.74, 6) is 0. The largest absolute Gasteiger partial charge is 0.494 e. The van der Waals surface area contributed by atoms with Gasteiger partial charge < -0.3 is 14.0 Å². The molecule has 7 heteroatoms. The summed E-state index contributed by atoms with van der Waals surface area (Å²) in [5.41, 5.74) is 0.853. The lowest BCUT2D eigenvalue weighted by Crippen LogP contribution is -2.41. The second kappa shape index (κ2) is 5.91. The Morgan fingerprint density at radius 3 is 2.41 bits per heavy atom. The first-order valence-electron chi connectivity index (χ1n) is 7.16. The van der Waals surface area contributed by atoms with E-state index in [1.54, 1.807) is 0 Å². The zero-order valence-electron chi connectivity index (χ0n) is 13.6. The molecule has 1 aromatic rings. The van der Waals surface area contributed by atoms with Crippen molar-refractivity contribution >= 4 is 18.7 Å². The van der Waals surface area contributed by atoms with Gasteiger partial charge in [0.2, 0.25) is 0 Å². The highest BCUT2D eigenvalue weighted by molar-refractivity contribution is 6.62. The molecule has 0 unspecified atom stereocenters. The van der Waals surface area contributed by atoms with Gasteiger partial charge in [0, 0.05) is 7.05 Å². The van der Waals surface area contributed by atoms with Crippen LogP contribution in [0.1, 0.15) is 33.3 Å². The van der Waals surface area contributed by atoms with E-state index >= 15 is 0 Å². The van der Waals surface area contributed by atoms with Crippen molar-refractivity contribution in [3.63, 3.8) is 0 Å². The van der Waals surface area contributed by atoms with E-state index in [4.69, 9.17) is 19.3 Å². The summed E-state index contributed by atoms with van der Waals surface area (Å²) in [6.07, 6.45) is -0.805. The molecule has 1 aromatic carbocycles. The molecule has 1 fully saturated rings. The molecule has 1 amide bonds. The third kappa shape index (κ3) is 3.43. The predicted molar refractivity (Wildman–Crippen MR) is 81.9 cm³/mol. The van der Waals surface area contributed by atoms with E-state index < -0.39 is 24.4 Å². The summed E-state index contributed by atoms with van der Waals surface area (Å²) >= 11 is 0. The van der Waals surface area contributed by atoms with Crippen molar-refractivity contribution in [1.82, 2.24) is 5.06 Å². The van der Waals surface area contributed by atoms with Crippen LogP contribution in [0.5, 0.6) is 0 Å². The van der Waals surface area contributed by atoms with Crippen LogP contribution in [0.2, 0.25) is 0 Å². The average molecular weight is 307 g/mol. The van der Waals surface area contributed by atoms with Crippen LogP contribution < -0.4 is 5.46 Å². The maximum atomic E-state index is 11.2. The molecule has 0 bridgehead atoms. The van der Waals surface area contributed by atoms with Crippen LogP contribution in [0.25, 0.3) is 0 Å². The molecule has 0 atom stereocenters. The number of benzene rings is 1. The van der Waals surface area contributed by atoms with E-state index in [-0.39, 0.29) is 6.61 Å². The zero-order valence-corrected chi connectivity index (χ0v) is 13.6. The molecular weight excluding hydrogens is 285 g/mol. The highest BCUT2D eigenvalue weighted by Crippen LogP contribution is 2.36. The second-order valence-corrected chi connectivity index (χ2v) is 6.41. The van der Waals surface area contributed by atoms with Crippen LogP contribution in [0.4, 0.5) is 4.79 Å². The highest BCUT2D eigenvalue weighted by atomic mass is 16.7. The van der Waals surface area contributed by atoms with Gasteiger partial charge in [-0.25, -0.2) is 4.79 Å². The van der Waals surface area contributed by atoms with Gasteiger partial charge in [-0.1, -0.05) is 24.3 Å². The SMILES string of the molecule is CN(O)C(=O)OCc1cccc(B2OC(C)(C)C(C)(C)O2)c1. The molecule has 1 heterocycles. The Bertz CT molecular complexity index is 543. The number of hydrogen-bond donors (Lipinski definition) is 1. The van der Waals surface area contributed by atoms with Gasteiger partial charge in [0.1, 0.15) is 6.61 Å². The van der Waals surface area contributed by atoms with Gasteiger partial charge in [-0.15, -0.1) is 0 Å². The van der Waals surface area contributed by atoms with Crippen molar-refractivity contribution in [1.29, 1.82) is 0 Å². The topological polar surface area (TPSA) is 68.2 Å². The Balaban J connectivity index is 2.08. The monoisotopic (exact) mass is 307 g/mol. The van der Waals surface area contributed by atoms with Crippen molar-refractivity contribution in [2.45, 2.75) is 45.5 Å². The Labute approximate surface area is 131 Å². The van der Waals surface area contributed by atoms with Crippen LogP contribution >= 0.6 is 0 Å². The third-order valence-corrected chi connectivity index (χ3v) is 4.10. The molecule has 1 aliphatic heterocycles. The Kier molecular flexibility index (Phi) is 4.51. The number of carbonyl (C=O) groups excluding carboxylic acids is 1. The van der Waals surface area contributed by atoms with Gasteiger partial charge in [-0.2, -0.15) is 5.06 Å². The highest BCUT2D eigenvalue weighted by Gasteiger charge is 2.51. The molecule has 1 saturated heterocycles. The Hall–Kier alpha value is -1.57. The quantitative estimate of drug-likeness (QED) is 0.525. The van der Waals surface area contributed by atoms with Crippen LogP contribution in [0, 0.1) is 0 Å². The summed E-state index contributed by atoms with van der Waals surface area (Å²) in [6.45, 7) is 8.05. The molecule has 0 radical (unpaired) electrons. The van der Waals surface area contributed by atoms with Gasteiger partial charge in [0.25, 0.3) is 0 Å². The van der Waals surface area contributed by atoms with Gasteiger partial charge >= 0.3 is 13.2 Å². The summed E-state index contributed by atoms with van der Waals surface area (Å²) in [6, 6.07) is 7.46. The summed E-state index contributed by atoms with van der Waals surface area (Å²) in [5, 5.41) is 9.36. The van der Waals surface area contributed by atoms with Gasteiger partial charge in [0.05, 0.1) is 11.2 Å². The second-order valence-electron chi connectivity index (χ2n) is 6.41. The molecule has 0 spiro atoms. The van der Waals surface area contributed by atoms with E-state index in [2.05, 4.69) is 0 Å². The number of hydrogen-bond acceptors (Lipinski definition) is 5. The van der Waals surface area contributed by atoms with Gasteiger partial charge in [-0.05, 0) is 38.7 Å². The number of rotatable bonds is 3. The van der Waals surface area contributed by atoms with Crippen molar-refractivity contribution in [3.8, 4) is 0 Å². The first kappa shape index (κ1) is 16.8. The van der Waals surface area contributed by atoms with Gasteiger partial charge in [-0.3, -0.25) is 5.21 Å². The number of amides is 1. The summed E-state index contributed by atoms with van der Waals surface area (Å²) in [7, 11) is 0.754. The van der Waals surface area contributed by atoms with E-state index in [1.165, 1.54) is 7.05 Å². The van der Waals surface area contributed by atoms with Crippen LogP contribution in [-0.2, 0) is 20.7 Å². The van der Waals surface area contributed by atoms with E-state index in [9.17, 15) is 4.79 Å². The molecule has 0 aliphatic carbocycles. The van der Waals surface area contributed by atoms with E-state index in [0.717, 1.165) is 11.0 Å². The van der Waals surface area contributed by atoms with Crippen LogP contribution in [0.15, 0.2) is 24.3 Å².